The third-order valence-electron chi connectivity index (χ3n) is 3.51. The first-order valence-electron chi connectivity index (χ1n) is 6.81. The van der Waals surface area contributed by atoms with Crippen LogP contribution in [0.5, 0.6) is 0 Å². The predicted octanol–water partition coefficient (Wildman–Crippen LogP) is 1.63. The molecule has 1 aliphatic rings. The van der Waals surface area contributed by atoms with Crippen LogP contribution in [0.1, 0.15) is 13.8 Å². The largest absolute Gasteiger partial charge is 0.358 e. The van der Waals surface area contributed by atoms with E-state index >= 15 is 0 Å². The van der Waals surface area contributed by atoms with E-state index < -0.39 is 10.0 Å². The number of piperazine rings is 1. The zero-order valence-corrected chi connectivity index (χ0v) is 12.7. The van der Waals surface area contributed by atoms with Crippen LogP contribution in [0.4, 0.5) is 0 Å². The summed E-state index contributed by atoms with van der Waals surface area (Å²) in [6.07, 6.45) is 0. The molecule has 1 fully saturated rings. The molecule has 0 saturated carbocycles. The summed E-state index contributed by atoms with van der Waals surface area (Å²) in [5, 5.41) is 7.98. The van der Waals surface area contributed by atoms with Gasteiger partial charge in [0.25, 0.3) is 0 Å². The fraction of sp³-hybridized carbons (Fsp3) is 0.500. The summed E-state index contributed by atoms with van der Waals surface area (Å²) in [7, 11) is -3.40. The van der Waals surface area contributed by atoms with Gasteiger partial charge in [-0.3, -0.25) is 5.41 Å². The summed E-state index contributed by atoms with van der Waals surface area (Å²) in [5.74, 6) is 0.758. The molecule has 5 nitrogen and oxygen atoms in total. The summed E-state index contributed by atoms with van der Waals surface area (Å²) in [5.41, 5.74) is 0. The summed E-state index contributed by atoms with van der Waals surface area (Å²) in [6.45, 7) is 6.01. The molecule has 1 aromatic carbocycles. The summed E-state index contributed by atoms with van der Waals surface area (Å²) < 4.78 is 26.4. The van der Waals surface area contributed by atoms with E-state index in [4.69, 9.17) is 5.41 Å². The van der Waals surface area contributed by atoms with Crippen LogP contribution in [-0.4, -0.2) is 49.6 Å². The lowest BCUT2D eigenvalue weighted by Gasteiger charge is -2.36. The van der Waals surface area contributed by atoms with Gasteiger partial charge in [0.2, 0.25) is 10.0 Å². The zero-order valence-electron chi connectivity index (χ0n) is 11.9. The summed E-state index contributed by atoms with van der Waals surface area (Å²) in [4.78, 5) is 2.30. The first-order valence-corrected chi connectivity index (χ1v) is 8.25. The van der Waals surface area contributed by atoms with Gasteiger partial charge in [-0.2, -0.15) is 4.31 Å². The van der Waals surface area contributed by atoms with Crippen molar-refractivity contribution in [1.82, 2.24) is 9.21 Å². The van der Waals surface area contributed by atoms with Crippen molar-refractivity contribution in [3.05, 3.63) is 30.3 Å². The molecule has 0 atom stereocenters. The molecule has 0 aliphatic carbocycles. The number of rotatable bonds is 3. The van der Waals surface area contributed by atoms with Crippen molar-refractivity contribution < 1.29 is 8.42 Å². The highest BCUT2D eigenvalue weighted by atomic mass is 32.2. The first kappa shape index (κ1) is 15.0. The SMILES string of the molecule is CC(C)C(=N)N1CCN(S(=O)(=O)c2ccccc2)CC1. The van der Waals surface area contributed by atoms with Crippen molar-refractivity contribution in [3.63, 3.8) is 0 Å². The molecule has 20 heavy (non-hydrogen) atoms. The number of nitrogens with zero attached hydrogens (tertiary/aromatic N) is 2. The Kier molecular flexibility index (Phi) is 4.45. The number of benzene rings is 1. The lowest BCUT2D eigenvalue weighted by molar-refractivity contribution is 0.258. The Balaban J connectivity index is 2.06. The van der Waals surface area contributed by atoms with Gasteiger partial charge in [0.15, 0.2) is 0 Å². The molecule has 1 aromatic rings. The Morgan fingerprint density at radius 1 is 1.10 bits per heavy atom. The third-order valence-corrected chi connectivity index (χ3v) is 5.42. The van der Waals surface area contributed by atoms with Crippen LogP contribution >= 0.6 is 0 Å². The highest BCUT2D eigenvalue weighted by Gasteiger charge is 2.29. The molecule has 0 unspecified atom stereocenters. The Hall–Kier alpha value is -1.40. The normalized spacial score (nSPS) is 17.4. The van der Waals surface area contributed by atoms with Gasteiger partial charge in [-0.25, -0.2) is 8.42 Å². The fourth-order valence-corrected chi connectivity index (χ4v) is 3.72. The van der Waals surface area contributed by atoms with E-state index in [1.807, 2.05) is 18.7 Å². The number of nitrogens with one attached hydrogen (secondary N) is 1. The molecule has 0 amide bonds. The van der Waals surface area contributed by atoms with Crippen molar-refractivity contribution in [2.75, 3.05) is 26.2 Å². The number of amidine groups is 1. The quantitative estimate of drug-likeness (QED) is 0.681. The monoisotopic (exact) mass is 295 g/mol. The molecular formula is C14H21N3O2S. The second kappa shape index (κ2) is 5.93. The molecule has 0 radical (unpaired) electrons. The Morgan fingerprint density at radius 3 is 2.15 bits per heavy atom. The highest BCUT2D eigenvalue weighted by Crippen LogP contribution is 2.17. The minimum atomic E-state index is -3.40. The van der Waals surface area contributed by atoms with Crippen LogP contribution in [0.3, 0.4) is 0 Å². The van der Waals surface area contributed by atoms with E-state index in [0.717, 1.165) is 0 Å². The maximum atomic E-state index is 12.5. The highest BCUT2D eigenvalue weighted by molar-refractivity contribution is 7.89. The molecule has 2 rings (SSSR count). The molecule has 1 saturated heterocycles. The van der Waals surface area contributed by atoms with Gasteiger partial charge in [0, 0.05) is 32.1 Å². The Labute approximate surface area is 120 Å². The Morgan fingerprint density at radius 2 is 1.65 bits per heavy atom. The van der Waals surface area contributed by atoms with Gasteiger partial charge in [0.05, 0.1) is 10.7 Å². The topological polar surface area (TPSA) is 64.5 Å². The molecule has 0 spiro atoms. The maximum Gasteiger partial charge on any atom is 0.243 e. The molecule has 1 aliphatic heterocycles. The maximum absolute atomic E-state index is 12.5. The number of hydrogen-bond acceptors (Lipinski definition) is 3. The average Bonchev–Trinajstić information content (AvgIpc) is 2.47. The van der Waals surface area contributed by atoms with Crippen molar-refractivity contribution in [2.24, 2.45) is 5.92 Å². The van der Waals surface area contributed by atoms with Crippen LogP contribution in [0.2, 0.25) is 0 Å². The van der Waals surface area contributed by atoms with Crippen LogP contribution < -0.4 is 0 Å². The van der Waals surface area contributed by atoms with Crippen LogP contribution in [0.15, 0.2) is 35.2 Å². The number of hydrogen-bond donors (Lipinski definition) is 1. The van der Waals surface area contributed by atoms with Gasteiger partial charge in [0.1, 0.15) is 0 Å². The molecule has 110 valence electrons. The van der Waals surface area contributed by atoms with Gasteiger partial charge in [-0.1, -0.05) is 32.0 Å². The predicted molar refractivity (Wildman–Crippen MR) is 79.3 cm³/mol. The minimum absolute atomic E-state index is 0.173. The van der Waals surface area contributed by atoms with Crippen LogP contribution in [0.25, 0.3) is 0 Å². The third kappa shape index (κ3) is 3.02. The average molecular weight is 295 g/mol. The summed E-state index contributed by atoms with van der Waals surface area (Å²) >= 11 is 0. The zero-order chi connectivity index (χ0) is 14.8. The van der Waals surface area contributed by atoms with E-state index in [0.29, 0.717) is 36.9 Å². The van der Waals surface area contributed by atoms with Crippen molar-refractivity contribution >= 4 is 15.9 Å². The minimum Gasteiger partial charge on any atom is -0.358 e. The van der Waals surface area contributed by atoms with E-state index in [9.17, 15) is 8.42 Å². The summed E-state index contributed by atoms with van der Waals surface area (Å²) in [6, 6.07) is 8.52. The van der Waals surface area contributed by atoms with Gasteiger partial charge >= 0.3 is 0 Å². The Bertz CT molecular complexity index is 561. The van der Waals surface area contributed by atoms with Crippen LogP contribution in [-0.2, 0) is 10.0 Å². The standard InChI is InChI=1S/C14H21N3O2S/c1-12(2)14(15)16-8-10-17(11-9-16)20(18,19)13-6-4-3-5-7-13/h3-7,12,15H,8-11H2,1-2H3. The van der Waals surface area contributed by atoms with Crippen LogP contribution in [0, 0.1) is 11.3 Å². The molecular weight excluding hydrogens is 274 g/mol. The van der Waals surface area contributed by atoms with E-state index in [2.05, 4.69) is 0 Å². The van der Waals surface area contributed by atoms with E-state index in [1.54, 1.807) is 30.3 Å². The molecule has 0 bridgehead atoms. The molecule has 1 heterocycles. The lowest BCUT2D eigenvalue weighted by atomic mass is 10.1. The fourth-order valence-electron chi connectivity index (χ4n) is 2.28. The van der Waals surface area contributed by atoms with E-state index in [1.165, 1.54) is 4.31 Å². The van der Waals surface area contributed by atoms with Crippen molar-refractivity contribution in [3.8, 4) is 0 Å². The van der Waals surface area contributed by atoms with Crippen molar-refractivity contribution in [1.29, 1.82) is 5.41 Å². The van der Waals surface area contributed by atoms with Gasteiger partial charge < -0.3 is 4.90 Å². The number of sulfonamides is 1. The van der Waals surface area contributed by atoms with Gasteiger partial charge in [-0.15, -0.1) is 0 Å². The second-order valence-electron chi connectivity index (χ2n) is 5.24. The smallest absolute Gasteiger partial charge is 0.243 e. The molecule has 6 heteroatoms. The van der Waals surface area contributed by atoms with Gasteiger partial charge in [-0.05, 0) is 12.1 Å². The molecule has 0 aromatic heterocycles. The van der Waals surface area contributed by atoms with E-state index in [-0.39, 0.29) is 5.92 Å². The first-order chi connectivity index (χ1) is 9.43. The molecule has 1 N–H and O–H groups in total. The van der Waals surface area contributed by atoms with Crippen molar-refractivity contribution in [2.45, 2.75) is 18.7 Å². The second-order valence-corrected chi connectivity index (χ2v) is 7.18. The lowest BCUT2D eigenvalue weighted by Crippen LogP contribution is -2.51.